The molecule has 2 aliphatic rings. The highest BCUT2D eigenvalue weighted by atomic mass is 16.5. The molecule has 2 fully saturated rings. The lowest BCUT2D eigenvalue weighted by Crippen LogP contribution is -2.44. The topological polar surface area (TPSA) is 91.1 Å². The Kier molecular flexibility index (Phi) is 7.68. The SMILES string of the molecule is N#CC(C(=O)OCC1CCCCC1)c1nc(Cc2ccccc2)cnc1N1CCNCC1. The summed E-state index contributed by atoms with van der Waals surface area (Å²) < 4.78 is 5.63. The molecule has 1 unspecified atom stereocenters. The average Bonchev–Trinajstić information content (AvgIpc) is 2.85. The van der Waals surface area contributed by atoms with Crippen LogP contribution in [0.1, 0.15) is 55.0 Å². The Hall–Kier alpha value is -2.98. The molecule has 7 heteroatoms. The Morgan fingerprint density at radius 3 is 2.66 bits per heavy atom. The number of carbonyl (C=O) groups excluding carboxylic acids is 1. The van der Waals surface area contributed by atoms with Gasteiger partial charge in [0, 0.05) is 32.6 Å². The van der Waals surface area contributed by atoms with Crippen molar-refractivity contribution < 1.29 is 9.53 Å². The van der Waals surface area contributed by atoms with Crippen LogP contribution in [0.5, 0.6) is 0 Å². The molecule has 1 aliphatic heterocycles. The Labute approximate surface area is 189 Å². The van der Waals surface area contributed by atoms with Crippen molar-refractivity contribution in [3.8, 4) is 6.07 Å². The highest BCUT2D eigenvalue weighted by Gasteiger charge is 2.31. The summed E-state index contributed by atoms with van der Waals surface area (Å²) in [7, 11) is 0. The summed E-state index contributed by atoms with van der Waals surface area (Å²) in [6.07, 6.45) is 8.15. The molecule has 168 valence electrons. The minimum absolute atomic E-state index is 0.386. The number of nitriles is 1. The molecule has 1 aromatic heterocycles. The Balaban J connectivity index is 1.57. The van der Waals surface area contributed by atoms with Crippen LogP contribution in [0.3, 0.4) is 0 Å². The van der Waals surface area contributed by atoms with Crippen molar-refractivity contribution in [2.24, 2.45) is 5.92 Å². The van der Waals surface area contributed by atoms with Crippen molar-refractivity contribution in [1.29, 1.82) is 5.26 Å². The second-order valence-electron chi connectivity index (χ2n) is 8.67. The fraction of sp³-hybridized carbons (Fsp3) is 0.520. The molecule has 1 aromatic carbocycles. The van der Waals surface area contributed by atoms with Gasteiger partial charge in [-0.25, -0.2) is 9.97 Å². The van der Waals surface area contributed by atoms with Crippen LogP contribution >= 0.6 is 0 Å². The standard InChI is InChI=1S/C25H31N5O2/c26-16-22(25(31)32-18-20-9-5-2-6-10-20)23-24(30-13-11-27-12-14-30)28-17-21(29-23)15-19-7-3-1-4-8-19/h1,3-4,7-8,17,20,22,27H,2,5-6,9-15,18H2. The number of hydrogen-bond acceptors (Lipinski definition) is 7. The van der Waals surface area contributed by atoms with E-state index in [2.05, 4.69) is 21.3 Å². The van der Waals surface area contributed by atoms with E-state index in [1.807, 2.05) is 30.3 Å². The van der Waals surface area contributed by atoms with Crippen LogP contribution in [-0.4, -0.2) is 48.7 Å². The summed E-state index contributed by atoms with van der Waals surface area (Å²) in [5.74, 6) is -0.577. The van der Waals surface area contributed by atoms with E-state index in [1.165, 1.54) is 19.3 Å². The van der Waals surface area contributed by atoms with Crippen LogP contribution < -0.4 is 10.2 Å². The summed E-state index contributed by atoms with van der Waals surface area (Å²) in [5.41, 5.74) is 2.26. The summed E-state index contributed by atoms with van der Waals surface area (Å²) in [6.45, 7) is 3.56. The molecular weight excluding hydrogens is 402 g/mol. The maximum Gasteiger partial charge on any atom is 0.329 e. The van der Waals surface area contributed by atoms with Crippen molar-refractivity contribution in [3.05, 3.63) is 53.5 Å². The smallest absolute Gasteiger partial charge is 0.329 e. The predicted molar refractivity (Wildman–Crippen MR) is 122 cm³/mol. The molecule has 1 saturated carbocycles. The van der Waals surface area contributed by atoms with Gasteiger partial charge in [0.15, 0.2) is 11.7 Å². The molecule has 7 nitrogen and oxygen atoms in total. The highest BCUT2D eigenvalue weighted by molar-refractivity contribution is 5.82. The van der Waals surface area contributed by atoms with E-state index < -0.39 is 11.9 Å². The molecule has 0 amide bonds. The number of hydrogen-bond donors (Lipinski definition) is 1. The molecule has 1 atom stereocenters. The molecule has 2 heterocycles. The number of anilines is 1. The summed E-state index contributed by atoms with van der Waals surface area (Å²) in [5, 5.41) is 13.3. The monoisotopic (exact) mass is 433 g/mol. The van der Waals surface area contributed by atoms with Gasteiger partial charge in [-0.2, -0.15) is 5.26 Å². The minimum Gasteiger partial charge on any atom is -0.464 e. The number of nitrogens with zero attached hydrogens (tertiary/aromatic N) is 4. The van der Waals surface area contributed by atoms with Crippen LogP contribution in [0.4, 0.5) is 5.82 Å². The van der Waals surface area contributed by atoms with Gasteiger partial charge in [0.2, 0.25) is 0 Å². The molecule has 0 spiro atoms. The van der Waals surface area contributed by atoms with Crippen molar-refractivity contribution in [3.63, 3.8) is 0 Å². The number of ether oxygens (including phenoxy) is 1. The maximum atomic E-state index is 13.0. The molecule has 0 radical (unpaired) electrons. The van der Waals surface area contributed by atoms with Gasteiger partial charge >= 0.3 is 5.97 Å². The number of rotatable bonds is 7. The zero-order valence-electron chi connectivity index (χ0n) is 18.5. The zero-order chi connectivity index (χ0) is 22.2. The van der Waals surface area contributed by atoms with E-state index >= 15 is 0 Å². The summed E-state index contributed by atoms with van der Waals surface area (Å²) in [6, 6.07) is 12.2. The normalized spacial score (nSPS) is 18.0. The first-order valence-corrected chi connectivity index (χ1v) is 11.7. The first-order valence-electron chi connectivity index (χ1n) is 11.7. The third-order valence-electron chi connectivity index (χ3n) is 6.30. The van der Waals surface area contributed by atoms with E-state index in [-0.39, 0.29) is 0 Å². The van der Waals surface area contributed by atoms with E-state index in [4.69, 9.17) is 9.72 Å². The maximum absolute atomic E-state index is 13.0. The fourth-order valence-electron chi connectivity index (χ4n) is 4.50. The summed E-state index contributed by atoms with van der Waals surface area (Å²) in [4.78, 5) is 24.5. The molecule has 1 aliphatic carbocycles. The first-order chi connectivity index (χ1) is 15.7. The van der Waals surface area contributed by atoms with Crippen molar-refractivity contribution in [1.82, 2.24) is 15.3 Å². The van der Waals surface area contributed by atoms with E-state index in [0.717, 1.165) is 50.3 Å². The van der Waals surface area contributed by atoms with Crippen LogP contribution in [0.2, 0.25) is 0 Å². The molecular formula is C25H31N5O2. The van der Waals surface area contributed by atoms with Gasteiger partial charge < -0.3 is 15.0 Å². The lowest BCUT2D eigenvalue weighted by atomic mass is 9.90. The van der Waals surface area contributed by atoms with Crippen LogP contribution in [0, 0.1) is 17.2 Å². The second kappa shape index (κ2) is 11.1. The first kappa shape index (κ1) is 22.2. The predicted octanol–water partition coefficient (Wildman–Crippen LogP) is 3.21. The third kappa shape index (κ3) is 5.63. The van der Waals surface area contributed by atoms with Gasteiger partial charge in [-0.3, -0.25) is 4.79 Å². The van der Waals surface area contributed by atoms with Gasteiger partial charge in [-0.05, 0) is 24.3 Å². The minimum atomic E-state index is -1.08. The van der Waals surface area contributed by atoms with Crippen LogP contribution in [-0.2, 0) is 16.0 Å². The van der Waals surface area contributed by atoms with Crippen LogP contribution in [0.25, 0.3) is 0 Å². The Morgan fingerprint density at radius 1 is 1.19 bits per heavy atom. The molecule has 0 bridgehead atoms. The number of piperazine rings is 1. The van der Waals surface area contributed by atoms with Crippen LogP contribution in [0.15, 0.2) is 36.5 Å². The largest absolute Gasteiger partial charge is 0.464 e. The van der Waals surface area contributed by atoms with Crippen molar-refractivity contribution >= 4 is 11.8 Å². The lowest BCUT2D eigenvalue weighted by molar-refractivity contribution is -0.145. The summed E-state index contributed by atoms with van der Waals surface area (Å²) >= 11 is 0. The van der Waals surface area contributed by atoms with Crippen molar-refractivity contribution in [2.45, 2.75) is 44.4 Å². The molecule has 1 N–H and O–H groups in total. The number of esters is 1. The Bertz CT molecular complexity index is 931. The Morgan fingerprint density at radius 2 is 1.94 bits per heavy atom. The lowest BCUT2D eigenvalue weighted by Gasteiger charge is -2.30. The second-order valence-corrected chi connectivity index (χ2v) is 8.67. The molecule has 2 aromatic rings. The van der Waals surface area contributed by atoms with Gasteiger partial charge in [-0.1, -0.05) is 49.6 Å². The highest BCUT2D eigenvalue weighted by Crippen LogP contribution is 2.28. The fourth-order valence-corrected chi connectivity index (χ4v) is 4.50. The third-order valence-corrected chi connectivity index (χ3v) is 6.30. The van der Waals surface area contributed by atoms with E-state index in [0.29, 0.717) is 30.5 Å². The van der Waals surface area contributed by atoms with E-state index in [9.17, 15) is 10.1 Å². The number of benzene rings is 1. The van der Waals surface area contributed by atoms with Gasteiger partial charge in [0.05, 0.1) is 24.6 Å². The number of nitrogens with one attached hydrogen (secondary N) is 1. The molecule has 32 heavy (non-hydrogen) atoms. The quantitative estimate of drug-likeness (QED) is 0.671. The number of aromatic nitrogens is 2. The van der Waals surface area contributed by atoms with E-state index in [1.54, 1.807) is 6.20 Å². The van der Waals surface area contributed by atoms with Gasteiger partial charge in [0.1, 0.15) is 5.69 Å². The average molecular weight is 434 g/mol. The molecule has 4 rings (SSSR count). The molecule has 1 saturated heterocycles. The van der Waals surface area contributed by atoms with Gasteiger partial charge in [-0.15, -0.1) is 0 Å². The van der Waals surface area contributed by atoms with Crippen molar-refractivity contribution in [2.75, 3.05) is 37.7 Å². The van der Waals surface area contributed by atoms with Gasteiger partial charge in [0.25, 0.3) is 0 Å². The number of carbonyl (C=O) groups is 1. The zero-order valence-corrected chi connectivity index (χ0v) is 18.5.